The fourth-order valence-electron chi connectivity index (χ4n) is 2.90. The predicted octanol–water partition coefficient (Wildman–Crippen LogP) is 3.39. The summed E-state index contributed by atoms with van der Waals surface area (Å²) < 4.78 is 27.4. The molecule has 3 aromatic carbocycles. The quantitative estimate of drug-likeness (QED) is 0.571. The van der Waals surface area contributed by atoms with Crippen LogP contribution in [0.3, 0.4) is 0 Å². The lowest BCUT2D eigenvalue weighted by molar-refractivity contribution is 0.443. The van der Waals surface area contributed by atoms with Crippen LogP contribution in [0, 0.1) is 0 Å². The number of nitrogens with zero attached hydrogens (tertiary/aromatic N) is 2. The molecule has 1 N–H and O–H groups in total. The van der Waals surface area contributed by atoms with E-state index in [2.05, 4.69) is 0 Å². The second-order valence-corrected chi connectivity index (χ2v) is 8.06. The predicted molar refractivity (Wildman–Crippen MR) is 103 cm³/mol. The van der Waals surface area contributed by atoms with Crippen LogP contribution in [-0.2, 0) is 10.0 Å². The fraction of sp³-hybridized carbons (Fsp3) is 0. The molecule has 0 radical (unpaired) electrons. The Hall–Kier alpha value is -3.03. The van der Waals surface area contributed by atoms with Crippen molar-refractivity contribution in [3.05, 3.63) is 88.4 Å². The molecular formula is C19H13ClN2O4S. The summed E-state index contributed by atoms with van der Waals surface area (Å²) in [5.41, 5.74) is -0.666. The lowest BCUT2D eigenvalue weighted by Crippen LogP contribution is -2.29. The minimum absolute atomic E-state index is 0.101. The van der Waals surface area contributed by atoms with Crippen molar-refractivity contribution < 1.29 is 13.5 Å². The van der Waals surface area contributed by atoms with E-state index in [1.165, 1.54) is 12.1 Å². The average molecular weight is 401 g/mol. The van der Waals surface area contributed by atoms with Crippen molar-refractivity contribution in [2.75, 3.05) is 0 Å². The van der Waals surface area contributed by atoms with Crippen molar-refractivity contribution in [2.45, 2.75) is 4.90 Å². The van der Waals surface area contributed by atoms with E-state index in [0.717, 1.165) is 16.2 Å². The number of aromatic hydroxyl groups is 1. The number of aromatic nitrogens is 2. The first-order valence-corrected chi connectivity index (χ1v) is 9.74. The van der Waals surface area contributed by atoms with Crippen molar-refractivity contribution in [1.82, 2.24) is 8.54 Å². The summed E-state index contributed by atoms with van der Waals surface area (Å²) in [6, 6.07) is 18.2. The molecule has 8 heteroatoms. The van der Waals surface area contributed by atoms with Gasteiger partial charge in [0.25, 0.3) is 10.0 Å². The summed E-state index contributed by atoms with van der Waals surface area (Å²) >= 11 is 6.09. The first kappa shape index (κ1) is 17.4. The van der Waals surface area contributed by atoms with E-state index in [1.54, 1.807) is 42.5 Å². The van der Waals surface area contributed by atoms with Gasteiger partial charge in [-0.1, -0.05) is 54.1 Å². The highest BCUT2D eigenvalue weighted by Gasteiger charge is 2.26. The summed E-state index contributed by atoms with van der Waals surface area (Å²) in [4.78, 5) is 12.7. The first-order chi connectivity index (χ1) is 12.9. The maximum Gasteiger partial charge on any atom is 0.350 e. The van der Waals surface area contributed by atoms with Crippen molar-refractivity contribution in [3.63, 3.8) is 0 Å². The van der Waals surface area contributed by atoms with Gasteiger partial charge in [-0.3, -0.25) is 4.57 Å². The molecule has 0 aliphatic rings. The largest absolute Gasteiger partial charge is 0.493 e. The van der Waals surface area contributed by atoms with E-state index >= 15 is 0 Å². The van der Waals surface area contributed by atoms with E-state index in [-0.39, 0.29) is 15.6 Å². The third-order valence-electron chi connectivity index (χ3n) is 4.20. The smallest absolute Gasteiger partial charge is 0.350 e. The van der Waals surface area contributed by atoms with Crippen molar-refractivity contribution in [2.24, 2.45) is 0 Å². The highest BCUT2D eigenvalue weighted by molar-refractivity contribution is 7.90. The number of hydrogen-bond donors (Lipinski definition) is 1. The zero-order valence-electron chi connectivity index (χ0n) is 13.8. The lowest BCUT2D eigenvalue weighted by Gasteiger charge is -2.07. The second-order valence-electron chi connectivity index (χ2n) is 5.87. The van der Waals surface area contributed by atoms with Gasteiger partial charge in [0.2, 0.25) is 5.88 Å². The third kappa shape index (κ3) is 2.81. The number of fused-ring (bicyclic) bond motifs is 1. The fourth-order valence-corrected chi connectivity index (χ4v) is 4.44. The molecule has 0 spiro atoms. The molecule has 0 unspecified atom stereocenters. The van der Waals surface area contributed by atoms with Gasteiger partial charge in [0.1, 0.15) is 0 Å². The zero-order chi connectivity index (χ0) is 19.2. The molecule has 1 heterocycles. The van der Waals surface area contributed by atoms with Gasteiger partial charge in [-0.15, -0.1) is 3.97 Å². The van der Waals surface area contributed by atoms with E-state index in [9.17, 15) is 18.3 Å². The molecule has 0 atom stereocenters. The van der Waals surface area contributed by atoms with Crippen LogP contribution >= 0.6 is 11.6 Å². The van der Waals surface area contributed by atoms with E-state index in [1.807, 2.05) is 12.1 Å². The molecule has 0 aliphatic carbocycles. The summed E-state index contributed by atoms with van der Waals surface area (Å²) in [7, 11) is -4.30. The normalized spacial score (nSPS) is 11.7. The average Bonchev–Trinajstić information content (AvgIpc) is 2.96. The Morgan fingerprint density at radius 2 is 1.56 bits per heavy atom. The summed E-state index contributed by atoms with van der Waals surface area (Å²) in [5.74, 6) is -0.701. The molecule has 0 amide bonds. The molecule has 0 saturated heterocycles. The molecule has 4 rings (SSSR count). The molecule has 0 aliphatic heterocycles. The van der Waals surface area contributed by atoms with Crippen LogP contribution in [0.2, 0.25) is 5.02 Å². The van der Waals surface area contributed by atoms with Gasteiger partial charge >= 0.3 is 5.69 Å². The Morgan fingerprint density at radius 3 is 2.30 bits per heavy atom. The number of para-hydroxylation sites is 1. The zero-order valence-corrected chi connectivity index (χ0v) is 15.4. The third-order valence-corrected chi connectivity index (χ3v) is 6.20. The van der Waals surface area contributed by atoms with Gasteiger partial charge in [-0.2, -0.15) is 0 Å². The molecule has 0 fully saturated rings. The molecule has 1 aromatic heterocycles. The molecule has 0 saturated carbocycles. The van der Waals surface area contributed by atoms with Crippen molar-refractivity contribution in [3.8, 4) is 11.6 Å². The minimum atomic E-state index is -4.30. The van der Waals surface area contributed by atoms with Gasteiger partial charge in [0, 0.05) is 0 Å². The molecule has 6 nitrogen and oxygen atoms in total. The first-order valence-electron chi connectivity index (χ1n) is 7.92. The van der Waals surface area contributed by atoms with Gasteiger partial charge in [-0.25, -0.2) is 13.2 Å². The monoisotopic (exact) mass is 400 g/mol. The molecule has 4 aromatic rings. The minimum Gasteiger partial charge on any atom is -0.493 e. The highest BCUT2D eigenvalue weighted by Crippen LogP contribution is 2.25. The van der Waals surface area contributed by atoms with Crippen LogP contribution in [0.1, 0.15) is 0 Å². The number of imidazole rings is 1. The number of hydrogen-bond acceptors (Lipinski definition) is 4. The Labute approximate surface area is 159 Å². The molecule has 0 bridgehead atoms. The Morgan fingerprint density at radius 1 is 0.889 bits per heavy atom. The van der Waals surface area contributed by atoms with Crippen LogP contribution in [0.15, 0.2) is 82.6 Å². The maximum atomic E-state index is 13.0. The van der Waals surface area contributed by atoms with E-state index in [0.29, 0.717) is 9.36 Å². The number of rotatable bonds is 3. The topological polar surface area (TPSA) is 81.3 Å². The van der Waals surface area contributed by atoms with Gasteiger partial charge in [0.05, 0.1) is 21.8 Å². The second kappa shape index (κ2) is 6.29. The van der Waals surface area contributed by atoms with Gasteiger partial charge < -0.3 is 5.11 Å². The van der Waals surface area contributed by atoms with E-state index < -0.39 is 21.6 Å². The lowest BCUT2D eigenvalue weighted by atomic mass is 10.1. The maximum absolute atomic E-state index is 13.0. The standard InChI is InChI=1S/C19H13ClN2O4S/c20-16-7-3-4-8-17(16)21-12-18(23)22(19(21)24)27(25,26)15-10-9-13-5-1-2-6-14(13)11-15/h1-12,23H. The Kier molecular flexibility index (Phi) is 4.05. The number of halogens is 1. The van der Waals surface area contributed by atoms with E-state index in [4.69, 9.17) is 11.6 Å². The van der Waals surface area contributed by atoms with Gasteiger partial charge in [-0.05, 0) is 35.0 Å². The highest BCUT2D eigenvalue weighted by atomic mass is 35.5. The van der Waals surface area contributed by atoms with Crippen LogP contribution < -0.4 is 5.69 Å². The van der Waals surface area contributed by atoms with Crippen LogP contribution in [0.25, 0.3) is 16.5 Å². The van der Waals surface area contributed by atoms with Crippen molar-refractivity contribution >= 4 is 32.4 Å². The SMILES string of the molecule is O=c1n(-c2ccccc2Cl)cc(O)n1S(=O)(=O)c1ccc2ccccc2c1. The number of benzene rings is 3. The molecule has 27 heavy (non-hydrogen) atoms. The van der Waals surface area contributed by atoms with Crippen LogP contribution in [0.5, 0.6) is 5.88 Å². The van der Waals surface area contributed by atoms with Crippen LogP contribution in [-0.4, -0.2) is 22.1 Å². The van der Waals surface area contributed by atoms with Crippen molar-refractivity contribution in [1.29, 1.82) is 0 Å². The molecule has 136 valence electrons. The van der Waals surface area contributed by atoms with Crippen LogP contribution in [0.4, 0.5) is 0 Å². The summed E-state index contributed by atoms with van der Waals surface area (Å²) in [6.07, 6.45) is 1.03. The summed E-state index contributed by atoms with van der Waals surface area (Å²) in [5, 5.41) is 12.0. The summed E-state index contributed by atoms with van der Waals surface area (Å²) in [6.45, 7) is 0. The molecular weight excluding hydrogens is 388 g/mol. The Balaban J connectivity index is 1.92. The Bertz CT molecular complexity index is 1340. The van der Waals surface area contributed by atoms with Gasteiger partial charge in [0.15, 0.2) is 0 Å².